The Morgan fingerprint density at radius 3 is 0.808 bits per heavy atom. The molecule has 1 aliphatic carbocycles. The highest BCUT2D eigenvalue weighted by molar-refractivity contribution is 5.33. The lowest BCUT2D eigenvalue weighted by Gasteiger charge is -2.47. The minimum atomic E-state index is 0.117. The lowest BCUT2D eigenvalue weighted by Crippen LogP contribution is -2.35. The molecule has 0 N–H and O–H groups in total. The van der Waals surface area contributed by atoms with Crippen molar-refractivity contribution in [1.29, 1.82) is 0 Å². The van der Waals surface area contributed by atoms with E-state index in [0.717, 1.165) is 25.7 Å². The van der Waals surface area contributed by atoms with Gasteiger partial charge in [0.25, 0.3) is 0 Å². The number of benzene rings is 6. The molecule has 0 saturated heterocycles. The first-order valence-corrected chi connectivity index (χ1v) is 29.4. The Balaban J connectivity index is 1.52. The van der Waals surface area contributed by atoms with E-state index < -0.39 is 0 Å². The van der Waals surface area contributed by atoms with Crippen molar-refractivity contribution in [2.75, 3.05) is 0 Å². The molecule has 0 spiro atoms. The lowest BCUT2D eigenvalue weighted by atomic mass is 9.58. The van der Waals surface area contributed by atoms with Gasteiger partial charge < -0.3 is 0 Å². The summed E-state index contributed by atoms with van der Waals surface area (Å²) in [6, 6.07) is 67.6. The van der Waals surface area contributed by atoms with Gasteiger partial charge in [-0.15, -0.1) is 0 Å². The quantitative estimate of drug-likeness (QED) is 0.0962. The van der Waals surface area contributed by atoms with Crippen LogP contribution >= 0.6 is 0 Å². The van der Waals surface area contributed by atoms with E-state index in [-0.39, 0.29) is 10.8 Å². The molecule has 7 rings (SSSR count). The predicted molar refractivity (Wildman–Crippen MR) is 318 cm³/mol. The second-order valence-corrected chi connectivity index (χ2v) is 26.0. The van der Waals surface area contributed by atoms with Gasteiger partial charge in [-0.2, -0.15) is 0 Å². The van der Waals surface area contributed by atoms with Crippen LogP contribution in [0.15, 0.2) is 170 Å². The zero-order valence-corrected chi connectivity index (χ0v) is 47.9. The van der Waals surface area contributed by atoms with E-state index in [9.17, 15) is 0 Å². The average molecular weight is 976 g/mol. The molecule has 6 unspecified atom stereocenters. The van der Waals surface area contributed by atoms with Gasteiger partial charge in [0.1, 0.15) is 0 Å². The maximum absolute atomic E-state index is 2.59. The van der Waals surface area contributed by atoms with Gasteiger partial charge in [0.05, 0.1) is 0 Å². The molecule has 6 atom stereocenters. The van der Waals surface area contributed by atoms with Crippen LogP contribution in [0.5, 0.6) is 0 Å². The van der Waals surface area contributed by atoms with Gasteiger partial charge in [-0.1, -0.05) is 253 Å². The minimum Gasteiger partial charge on any atom is -0.0628 e. The van der Waals surface area contributed by atoms with Crippen LogP contribution in [0.25, 0.3) is 0 Å². The first-order valence-electron chi connectivity index (χ1n) is 29.4. The third-order valence-corrected chi connectivity index (χ3v) is 17.9. The molecule has 0 heteroatoms. The van der Waals surface area contributed by atoms with E-state index in [2.05, 4.69) is 253 Å². The molecule has 390 valence electrons. The molecule has 1 aliphatic rings. The van der Waals surface area contributed by atoms with Crippen LogP contribution in [0, 0.1) is 34.5 Å². The van der Waals surface area contributed by atoms with E-state index in [0.29, 0.717) is 71.0 Å². The molecule has 1 saturated carbocycles. The summed E-state index contributed by atoms with van der Waals surface area (Å²) in [5.74, 6) is 5.75. The van der Waals surface area contributed by atoms with Crippen molar-refractivity contribution in [3.8, 4) is 0 Å². The van der Waals surface area contributed by atoms with E-state index in [1.54, 1.807) is 0 Å². The molecule has 0 aromatic heterocycles. The number of hydrogen-bond acceptors (Lipinski definition) is 0. The SMILES string of the molecule is CC(C)CC1(CC(C)C)CC(c2ccccc2)CC(c2ccc(C(C)C)cc2)CC(c2ccccc2)CC(CC(C)C)(C(C)C)CC(c2ccccc2)CC(c2ccc(C(C)C)cc2)CC(c2ccccc2)C1. The Morgan fingerprint density at radius 1 is 0.301 bits per heavy atom. The van der Waals surface area contributed by atoms with Gasteiger partial charge in [0, 0.05) is 0 Å². The fourth-order valence-electron chi connectivity index (χ4n) is 14.7. The van der Waals surface area contributed by atoms with Crippen molar-refractivity contribution in [1.82, 2.24) is 0 Å². The second-order valence-electron chi connectivity index (χ2n) is 26.0. The first kappa shape index (κ1) is 56.1. The highest BCUT2D eigenvalue weighted by Gasteiger charge is 2.43. The van der Waals surface area contributed by atoms with E-state index in [1.807, 2.05) is 0 Å². The average Bonchev–Trinajstić information content (AvgIpc) is 3.37. The smallest absolute Gasteiger partial charge is 0.0150 e. The highest BCUT2D eigenvalue weighted by Crippen LogP contribution is 2.57. The molecule has 0 heterocycles. The Morgan fingerprint density at radius 2 is 0.562 bits per heavy atom. The van der Waals surface area contributed by atoms with Gasteiger partial charge in [-0.25, -0.2) is 0 Å². The van der Waals surface area contributed by atoms with Crippen molar-refractivity contribution in [3.05, 3.63) is 214 Å². The Kier molecular flexibility index (Phi) is 20.1. The zero-order chi connectivity index (χ0) is 52.1. The molecular weight excluding hydrogens is 877 g/mol. The van der Waals surface area contributed by atoms with E-state index in [1.165, 1.54) is 89.5 Å². The van der Waals surface area contributed by atoms with Crippen molar-refractivity contribution >= 4 is 0 Å². The topological polar surface area (TPSA) is 0 Å². The normalized spacial score (nSPS) is 23.7. The van der Waals surface area contributed by atoms with Gasteiger partial charge in [-0.05, 0) is 197 Å². The van der Waals surface area contributed by atoms with Crippen molar-refractivity contribution < 1.29 is 0 Å². The fraction of sp³-hybridized carbons (Fsp3) is 0.507. The summed E-state index contributed by atoms with van der Waals surface area (Å²) >= 11 is 0. The van der Waals surface area contributed by atoms with Crippen molar-refractivity contribution in [2.24, 2.45) is 34.5 Å². The summed E-state index contributed by atoms with van der Waals surface area (Å²) in [4.78, 5) is 0. The maximum Gasteiger partial charge on any atom is -0.0150 e. The third-order valence-electron chi connectivity index (χ3n) is 17.9. The lowest BCUT2D eigenvalue weighted by molar-refractivity contribution is 0.0863. The van der Waals surface area contributed by atoms with E-state index in [4.69, 9.17) is 0 Å². The van der Waals surface area contributed by atoms with Crippen molar-refractivity contribution in [2.45, 2.75) is 201 Å². The molecule has 0 radical (unpaired) electrons. The van der Waals surface area contributed by atoms with Crippen LogP contribution in [0.3, 0.4) is 0 Å². The first-order chi connectivity index (χ1) is 35.0. The van der Waals surface area contributed by atoms with Gasteiger partial charge in [-0.3, -0.25) is 0 Å². The Hall–Kier alpha value is -4.68. The summed E-state index contributed by atoms with van der Waals surface area (Å²) in [7, 11) is 0. The zero-order valence-electron chi connectivity index (χ0n) is 47.9. The van der Waals surface area contributed by atoms with Gasteiger partial charge in [0.2, 0.25) is 0 Å². The summed E-state index contributed by atoms with van der Waals surface area (Å²) in [5, 5.41) is 0. The second kappa shape index (κ2) is 26.2. The van der Waals surface area contributed by atoms with Crippen molar-refractivity contribution in [3.63, 3.8) is 0 Å². The fourth-order valence-corrected chi connectivity index (χ4v) is 14.7. The largest absolute Gasteiger partial charge is 0.0628 e. The molecule has 6 aromatic rings. The minimum absolute atomic E-state index is 0.117. The van der Waals surface area contributed by atoms with Gasteiger partial charge >= 0.3 is 0 Å². The predicted octanol–water partition coefficient (Wildman–Crippen LogP) is 21.8. The molecule has 6 aromatic carbocycles. The molecular formula is C73H98. The summed E-state index contributed by atoms with van der Waals surface area (Å²) in [5.41, 5.74) is 12.3. The summed E-state index contributed by atoms with van der Waals surface area (Å²) < 4.78 is 0. The van der Waals surface area contributed by atoms with Crippen LogP contribution in [-0.2, 0) is 0 Å². The van der Waals surface area contributed by atoms with Gasteiger partial charge in [0.15, 0.2) is 0 Å². The maximum atomic E-state index is 2.59. The molecule has 73 heavy (non-hydrogen) atoms. The molecule has 0 aliphatic heterocycles. The van der Waals surface area contributed by atoms with Crippen LogP contribution < -0.4 is 0 Å². The Bertz CT molecular complexity index is 2290. The third kappa shape index (κ3) is 15.5. The molecule has 0 amide bonds. The monoisotopic (exact) mass is 975 g/mol. The summed E-state index contributed by atoms with van der Waals surface area (Å²) in [6.07, 6.45) is 13.1. The molecule has 0 bridgehead atoms. The number of rotatable bonds is 15. The number of hydrogen-bond donors (Lipinski definition) is 0. The molecule has 0 nitrogen and oxygen atoms in total. The Labute approximate surface area is 447 Å². The molecule has 1 fully saturated rings. The van der Waals surface area contributed by atoms with Crippen LogP contribution in [0.2, 0.25) is 0 Å². The standard InChI is InChI=1S/C73H98/c1-52(2)45-72(46-53(3)4)48-68(60-25-17-13-18-26-60)41-66(64-37-33-58(34-38-64)55(7)8)43-70(62-29-21-15-22-30-62)50-73(57(11)12,47-54(5)6)51-71(63-31-23-16-24-32-63)44-67(65-39-35-59(36-40-65)56(9)10)42-69(49-72)61-27-19-14-20-28-61/h13-40,52-57,66-71H,41-51H2,1-12H3. The van der Waals surface area contributed by atoms with E-state index >= 15 is 0 Å². The van der Waals surface area contributed by atoms with Crippen LogP contribution in [-0.4, -0.2) is 0 Å². The van der Waals surface area contributed by atoms with Crippen LogP contribution in [0.4, 0.5) is 0 Å². The van der Waals surface area contributed by atoms with Crippen LogP contribution in [0.1, 0.15) is 246 Å². The highest BCUT2D eigenvalue weighted by atomic mass is 14.5. The summed E-state index contributed by atoms with van der Waals surface area (Å²) in [6.45, 7) is 29.6.